The monoisotopic (exact) mass is 304 g/mol. The van der Waals surface area contributed by atoms with Crippen LogP contribution in [0.3, 0.4) is 0 Å². The first kappa shape index (κ1) is 13.7. The van der Waals surface area contributed by atoms with Gasteiger partial charge < -0.3 is 9.88 Å². The van der Waals surface area contributed by atoms with Crippen molar-refractivity contribution in [1.29, 1.82) is 0 Å². The molecule has 23 heavy (non-hydrogen) atoms. The number of amides is 1. The second-order valence-electron chi connectivity index (χ2n) is 6.22. The molecule has 2 aromatic heterocycles. The van der Waals surface area contributed by atoms with Crippen LogP contribution in [0.2, 0.25) is 0 Å². The maximum Gasteiger partial charge on any atom is 0.234 e. The van der Waals surface area contributed by atoms with Crippen LogP contribution < -0.4 is 5.32 Å². The first-order valence-electron chi connectivity index (χ1n) is 7.46. The zero-order valence-electron chi connectivity index (χ0n) is 12.9. The zero-order chi connectivity index (χ0) is 16.0. The molecule has 1 aliphatic rings. The van der Waals surface area contributed by atoms with Crippen LogP contribution >= 0.6 is 0 Å². The summed E-state index contributed by atoms with van der Waals surface area (Å²) in [6.45, 7) is 3.87. The molecule has 1 aromatic carbocycles. The van der Waals surface area contributed by atoms with Crippen molar-refractivity contribution >= 4 is 11.6 Å². The molecular weight excluding hydrogens is 288 g/mol. The van der Waals surface area contributed by atoms with Gasteiger partial charge in [-0.15, -0.1) is 0 Å². The Morgan fingerprint density at radius 3 is 2.87 bits per heavy atom. The third-order valence-corrected chi connectivity index (χ3v) is 4.33. The number of nitrogens with one attached hydrogen (secondary N) is 1. The van der Waals surface area contributed by atoms with E-state index in [4.69, 9.17) is 0 Å². The van der Waals surface area contributed by atoms with E-state index in [1.54, 1.807) is 18.7 Å². The summed E-state index contributed by atoms with van der Waals surface area (Å²) in [6, 6.07) is 9.87. The number of carbonyl (C=O) groups excluding carboxylic acids is 1. The third kappa shape index (κ3) is 2.12. The van der Waals surface area contributed by atoms with Crippen LogP contribution in [0.5, 0.6) is 0 Å². The van der Waals surface area contributed by atoms with E-state index in [0.717, 1.165) is 28.2 Å². The number of pyridine rings is 1. The Labute approximate surface area is 134 Å². The average molecular weight is 304 g/mol. The van der Waals surface area contributed by atoms with Crippen LogP contribution in [0.1, 0.15) is 19.4 Å². The molecule has 0 unspecified atom stereocenters. The lowest BCUT2D eigenvalue weighted by atomic mass is 9.86. The average Bonchev–Trinajstić information content (AvgIpc) is 3.12. The molecule has 5 nitrogen and oxygen atoms in total. The predicted octanol–water partition coefficient (Wildman–Crippen LogP) is 3.16. The van der Waals surface area contributed by atoms with E-state index in [0.29, 0.717) is 0 Å². The van der Waals surface area contributed by atoms with Crippen LogP contribution in [0.25, 0.3) is 16.9 Å². The summed E-state index contributed by atoms with van der Waals surface area (Å²) in [6.07, 6.45) is 7.26. The third-order valence-electron chi connectivity index (χ3n) is 4.33. The van der Waals surface area contributed by atoms with E-state index in [9.17, 15) is 4.79 Å². The molecule has 0 atom stereocenters. The summed E-state index contributed by atoms with van der Waals surface area (Å²) in [5.74, 6) is 0.0329. The van der Waals surface area contributed by atoms with Gasteiger partial charge in [0, 0.05) is 23.6 Å². The molecule has 0 spiro atoms. The molecule has 5 heteroatoms. The van der Waals surface area contributed by atoms with Gasteiger partial charge in [-0.25, -0.2) is 4.98 Å². The molecular formula is C18H16N4O. The molecule has 1 amide bonds. The summed E-state index contributed by atoms with van der Waals surface area (Å²) < 4.78 is 1.93. The lowest BCUT2D eigenvalue weighted by Gasteiger charge is -2.14. The Morgan fingerprint density at radius 2 is 2.09 bits per heavy atom. The van der Waals surface area contributed by atoms with Gasteiger partial charge in [0.2, 0.25) is 5.91 Å². The molecule has 0 saturated heterocycles. The topological polar surface area (TPSA) is 59.8 Å². The molecule has 0 aliphatic carbocycles. The second-order valence-corrected chi connectivity index (χ2v) is 6.22. The summed E-state index contributed by atoms with van der Waals surface area (Å²) in [5, 5.41) is 2.95. The summed E-state index contributed by atoms with van der Waals surface area (Å²) in [5.41, 5.74) is 4.20. The first-order valence-corrected chi connectivity index (χ1v) is 7.46. The summed E-state index contributed by atoms with van der Waals surface area (Å²) >= 11 is 0. The standard InChI is InChI=1S/C18H16N4O/c1-18(2)14-6-5-12(8-15(14)21-17(18)23)16-10-22(11-20-16)13-4-3-7-19-9-13/h3-11H,1-2H3,(H,21,23). The van der Waals surface area contributed by atoms with Crippen molar-refractivity contribution in [3.8, 4) is 16.9 Å². The maximum atomic E-state index is 12.1. The molecule has 0 fully saturated rings. The zero-order valence-corrected chi connectivity index (χ0v) is 12.9. The fourth-order valence-corrected chi connectivity index (χ4v) is 2.87. The Bertz CT molecular complexity index is 896. The van der Waals surface area contributed by atoms with Crippen LogP contribution in [-0.4, -0.2) is 20.4 Å². The van der Waals surface area contributed by atoms with Crippen molar-refractivity contribution < 1.29 is 4.79 Å². The van der Waals surface area contributed by atoms with Crippen LogP contribution in [-0.2, 0) is 10.2 Å². The van der Waals surface area contributed by atoms with Crippen molar-refractivity contribution in [3.05, 3.63) is 60.8 Å². The van der Waals surface area contributed by atoms with Crippen LogP contribution in [0.4, 0.5) is 5.69 Å². The van der Waals surface area contributed by atoms with Gasteiger partial charge in [-0.1, -0.05) is 12.1 Å². The van der Waals surface area contributed by atoms with Crippen molar-refractivity contribution in [2.75, 3.05) is 5.32 Å². The minimum atomic E-state index is -0.483. The minimum absolute atomic E-state index is 0.0329. The number of rotatable bonds is 2. The van der Waals surface area contributed by atoms with Gasteiger partial charge in [0.15, 0.2) is 0 Å². The van der Waals surface area contributed by atoms with Gasteiger partial charge in [-0.3, -0.25) is 9.78 Å². The number of benzene rings is 1. The van der Waals surface area contributed by atoms with E-state index in [2.05, 4.69) is 15.3 Å². The number of nitrogens with zero attached hydrogens (tertiary/aromatic N) is 3. The second kappa shape index (κ2) is 4.78. The number of hydrogen-bond donors (Lipinski definition) is 1. The minimum Gasteiger partial charge on any atom is -0.325 e. The maximum absolute atomic E-state index is 12.1. The van der Waals surface area contributed by atoms with E-state index in [1.165, 1.54) is 0 Å². The number of imidazole rings is 1. The smallest absolute Gasteiger partial charge is 0.234 e. The molecule has 114 valence electrons. The van der Waals surface area contributed by atoms with Crippen molar-refractivity contribution in [1.82, 2.24) is 14.5 Å². The first-order chi connectivity index (χ1) is 11.1. The highest BCUT2D eigenvalue weighted by atomic mass is 16.2. The largest absolute Gasteiger partial charge is 0.325 e. The van der Waals surface area contributed by atoms with Gasteiger partial charge in [-0.2, -0.15) is 0 Å². The molecule has 4 rings (SSSR count). The Balaban J connectivity index is 1.72. The molecule has 0 radical (unpaired) electrons. The fourth-order valence-electron chi connectivity index (χ4n) is 2.87. The highest BCUT2D eigenvalue weighted by Gasteiger charge is 2.38. The van der Waals surface area contributed by atoms with Crippen LogP contribution in [0, 0.1) is 0 Å². The van der Waals surface area contributed by atoms with Gasteiger partial charge in [0.05, 0.1) is 29.3 Å². The number of fused-ring (bicyclic) bond motifs is 1. The molecule has 0 saturated carbocycles. The van der Waals surface area contributed by atoms with E-state index in [-0.39, 0.29) is 5.91 Å². The number of carbonyl (C=O) groups is 1. The van der Waals surface area contributed by atoms with Crippen LogP contribution in [0.15, 0.2) is 55.2 Å². The Morgan fingerprint density at radius 1 is 1.22 bits per heavy atom. The lowest BCUT2D eigenvalue weighted by molar-refractivity contribution is -0.119. The SMILES string of the molecule is CC1(C)C(=O)Nc2cc(-c3cn(-c4cccnc4)cn3)ccc21. The number of anilines is 1. The Hall–Kier alpha value is -2.95. The van der Waals surface area contributed by atoms with E-state index < -0.39 is 5.41 Å². The quantitative estimate of drug-likeness (QED) is 0.791. The molecule has 3 aromatic rings. The lowest BCUT2D eigenvalue weighted by Crippen LogP contribution is -2.26. The highest BCUT2D eigenvalue weighted by Crippen LogP contribution is 2.39. The predicted molar refractivity (Wildman–Crippen MR) is 88.5 cm³/mol. The summed E-state index contributed by atoms with van der Waals surface area (Å²) in [7, 11) is 0. The molecule has 0 bridgehead atoms. The van der Waals surface area contributed by atoms with Gasteiger partial charge in [0.1, 0.15) is 0 Å². The summed E-state index contributed by atoms with van der Waals surface area (Å²) in [4.78, 5) is 20.6. The molecule has 1 N–H and O–H groups in total. The van der Waals surface area contributed by atoms with Crippen molar-refractivity contribution in [3.63, 3.8) is 0 Å². The normalized spacial score (nSPS) is 15.3. The van der Waals surface area contributed by atoms with Gasteiger partial charge in [0.25, 0.3) is 0 Å². The number of aromatic nitrogens is 3. The fraction of sp³-hybridized carbons (Fsp3) is 0.167. The van der Waals surface area contributed by atoms with Crippen molar-refractivity contribution in [2.24, 2.45) is 0 Å². The molecule has 1 aliphatic heterocycles. The molecule has 3 heterocycles. The highest BCUT2D eigenvalue weighted by molar-refractivity contribution is 6.06. The van der Waals surface area contributed by atoms with E-state index >= 15 is 0 Å². The van der Waals surface area contributed by atoms with Gasteiger partial charge >= 0.3 is 0 Å². The van der Waals surface area contributed by atoms with Crippen molar-refractivity contribution in [2.45, 2.75) is 19.3 Å². The number of hydrogen-bond acceptors (Lipinski definition) is 3. The van der Waals surface area contributed by atoms with Gasteiger partial charge in [-0.05, 0) is 37.6 Å². The van der Waals surface area contributed by atoms with E-state index in [1.807, 2.05) is 54.9 Å². The Kier molecular flexibility index (Phi) is 2.84.